The molecule has 0 aliphatic carbocycles. The van der Waals surface area contributed by atoms with Gasteiger partial charge in [-0.2, -0.15) is 16.8 Å². The van der Waals surface area contributed by atoms with E-state index in [4.69, 9.17) is 0 Å². The Morgan fingerprint density at radius 3 is 1.21 bits per heavy atom. The van der Waals surface area contributed by atoms with E-state index in [0.29, 0.717) is 33.0 Å². The van der Waals surface area contributed by atoms with Crippen molar-refractivity contribution in [3.63, 3.8) is 0 Å². The van der Waals surface area contributed by atoms with Crippen molar-refractivity contribution in [3.05, 3.63) is 84.9 Å². The fraction of sp³-hybridized carbons (Fsp3) is 0. The van der Waals surface area contributed by atoms with Crippen LogP contribution in [0.3, 0.4) is 0 Å². The van der Waals surface area contributed by atoms with Gasteiger partial charge in [-0.1, -0.05) is 72.8 Å². The second-order valence-electron chi connectivity index (χ2n) is 7.56. The third-order valence-corrected chi connectivity index (χ3v) is 6.88. The molecule has 3 aromatic carbocycles. The second-order valence-corrected chi connectivity index (χ2v) is 10.3. The average molecular weight is 493 g/mol. The van der Waals surface area contributed by atoms with E-state index < -0.39 is 30.3 Å². The number of fused-ring (bicyclic) bond motifs is 3. The first-order chi connectivity index (χ1) is 16.1. The van der Waals surface area contributed by atoms with Crippen LogP contribution >= 0.6 is 0 Å². The summed E-state index contributed by atoms with van der Waals surface area (Å²) in [7, 11) is -9.40. The lowest BCUT2D eigenvalue weighted by Gasteiger charge is -2.14. The minimum Gasteiger partial charge on any atom is -0.281 e. The van der Waals surface area contributed by atoms with Crippen molar-refractivity contribution >= 4 is 42.0 Å². The molecule has 2 heterocycles. The first kappa shape index (κ1) is 22.1. The molecule has 0 amide bonds. The zero-order valence-corrected chi connectivity index (χ0v) is 19.0. The van der Waals surface area contributed by atoms with Gasteiger partial charge >= 0.3 is 20.2 Å². The fourth-order valence-corrected chi connectivity index (χ4v) is 4.85. The minimum atomic E-state index is -4.70. The zero-order chi connectivity index (χ0) is 24.1. The van der Waals surface area contributed by atoms with E-state index in [1.54, 1.807) is 72.8 Å². The molecule has 10 heteroatoms. The zero-order valence-electron chi connectivity index (χ0n) is 17.3. The molecule has 5 aromatic rings. The molecule has 0 aliphatic rings. The Morgan fingerprint density at radius 1 is 0.529 bits per heavy atom. The topological polar surface area (TPSA) is 135 Å². The monoisotopic (exact) mass is 492 g/mol. The predicted octanol–water partition coefficient (Wildman–Crippen LogP) is 4.61. The SMILES string of the molecule is O=S(=O)(O)c1cc(-c2ccccc2)c2ccc3c(-c4ccccc4)cc(S(=O)(=O)O)nc3c2n1. The second kappa shape index (κ2) is 7.96. The van der Waals surface area contributed by atoms with Crippen LogP contribution in [-0.4, -0.2) is 35.9 Å². The van der Waals surface area contributed by atoms with Crippen LogP contribution in [0.25, 0.3) is 44.1 Å². The number of hydrogen-bond donors (Lipinski definition) is 2. The number of pyridine rings is 2. The molecule has 0 atom stereocenters. The van der Waals surface area contributed by atoms with E-state index in [1.165, 1.54) is 12.1 Å². The molecule has 0 fully saturated rings. The summed E-state index contributed by atoms with van der Waals surface area (Å²) in [6.07, 6.45) is 0. The summed E-state index contributed by atoms with van der Waals surface area (Å²) in [5.41, 5.74) is 2.37. The summed E-state index contributed by atoms with van der Waals surface area (Å²) in [5.74, 6) is 0. The minimum absolute atomic E-state index is 0.0640. The summed E-state index contributed by atoms with van der Waals surface area (Å²) < 4.78 is 67.7. The highest BCUT2D eigenvalue weighted by Gasteiger charge is 2.22. The molecule has 2 N–H and O–H groups in total. The van der Waals surface area contributed by atoms with Crippen molar-refractivity contribution in [2.45, 2.75) is 10.1 Å². The van der Waals surface area contributed by atoms with Crippen molar-refractivity contribution in [1.29, 1.82) is 0 Å². The number of rotatable bonds is 4. The highest BCUT2D eigenvalue weighted by Crippen LogP contribution is 2.37. The van der Waals surface area contributed by atoms with E-state index >= 15 is 0 Å². The largest absolute Gasteiger partial charge is 0.312 e. The molecular formula is C24H16N2O6S2. The maximum atomic E-state index is 12.0. The number of nitrogens with zero attached hydrogens (tertiary/aromatic N) is 2. The molecule has 0 bridgehead atoms. The third kappa shape index (κ3) is 3.93. The van der Waals surface area contributed by atoms with Crippen molar-refractivity contribution in [1.82, 2.24) is 9.97 Å². The number of hydrogen-bond acceptors (Lipinski definition) is 6. The summed E-state index contributed by atoms with van der Waals surface area (Å²) in [6.45, 7) is 0. The fourth-order valence-electron chi connectivity index (χ4n) is 3.91. The van der Waals surface area contributed by atoms with E-state index in [2.05, 4.69) is 9.97 Å². The summed E-state index contributed by atoms with van der Waals surface area (Å²) in [5, 5.41) is -0.228. The van der Waals surface area contributed by atoms with Crippen LogP contribution in [-0.2, 0) is 20.2 Å². The van der Waals surface area contributed by atoms with E-state index in [-0.39, 0.29) is 11.0 Å². The van der Waals surface area contributed by atoms with Crippen LogP contribution in [0.5, 0.6) is 0 Å². The van der Waals surface area contributed by atoms with Gasteiger partial charge in [0.15, 0.2) is 10.1 Å². The summed E-state index contributed by atoms with van der Waals surface area (Å²) in [6, 6.07) is 23.8. The van der Waals surface area contributed by atoms with Gasteiger partial charge in [0.05, 0.1) is 11.0 Å². The molecule has 0 unspecified atom stereocenters. The molecule has 8 nitrogen and oxygen atoms in total. The highest BCUT2D eigenvalue weighted by molar-refractivity contribution is 7.86. The molecular weight excluding hydrogens is 476 g/mol. The Labute approximate surface area is 195 Å². The predicted molar refractivity (Wildman–Crippen MR) is 128 cm³/mol. The summed E-state index contributed by atoms with van der Waals surface area (Å²) >= 11 is 0. The van der Waals surface area contributed by atoms with Gasteiger partial charge in [-0.25, -0.2) is 9.97 Å². The number of aromatic nitrogens is 2. The number of benzene rings is 3. The molecule has 5 rings (SSSR count). The third-order valence-electron chi connectivity index (χ3n) is 5.41. The Hall–Kier alpha value is -3.70. The van der Waals surface area contributed by atoms with Crippen molar-refractivity contribution in [2.75, 3.05) is 0 Å². The lowest BCUT2D eigenvalue weighted by molar-refractivity contribution is 0.477. The van der Waals surface area contributed by atoms with E-state index in [9.17, 15) is 25.9 Å². The first-order valence-corrected chi connectivity index (χ1v) is 12.9. The van der Waals surface area contributed by atoms with Crippen molar-refractivity contribution in [3.8, 4) is 22.3 Å². The standard InChI is InChI=1S/C24H16N2O6S2/c27-33(28,29)21-13-19(15-7-3-1-4-8-15)17-11-12-18-20(16-9-5-2-6-10-16)14-22(34(30,31)32)26-24(18)23(17)25-21/h1-14H,(H,27,28,29)(H,30,31,32). The van der Waals surface area contributed by atoms with Gasteiger partial charge in [0.25, 0.3) is 0 Å². The van der Waals surface area contributed by atoms with Crippen LogP contribution in [0, 0.1) is 0 Å². The van der Waals surface area contributed by atoms with Gasteiger partial charge in [-0.05, 0) is 34.4 Å². The van der Waals surface area contributed by atoms with Gasteiger partial charge in [0.1, 0.15) is 0 Å². The van der Waals surface area contributed by atoms with Crippen LogP contribution in [0.2, 0.25) is 0 Å². The van der Waals surface area contributed by atoms with Gasteiger partial charge in [0, 0.05) is 10.8 Å². The molecule has 0 saturated carbocycles. The average Bonchev–Trinajstić information content (AvgIpc) is 2.82. The van der Waals surface area contributed by atoms with E-state index in [1.807, 2.05) is 0 Å². The van der Waals surface area contributed by atoms with Crippen LogP contribution in [0.4, 0.5) is 0 Å². The van der Waals surface area contributed by atoms with Crippen LogP contribution in [0.15, 0.2) is 95.0 Å². The quantitative estimate of drug-likeness (QED) is 0.274. The molecule has 0 spiro atoms. The van der Waals surface area contributed by atoms with Gasteiger partial charge in [0.2, 0.25) is 0 Å². The first-order valence-electron chi connectivity index (χ1n) is 9.97. The van der Waals surface area contributed by atoms with Crippen molar-refractivity contribution in [2.24, 2.45) is 0 Å². The summed E-state index contributed by atoms with van der Waals surface area (Å²) in [4.78, 5) is 8.28. The Morgan fingerprint density at radius 2 is 0.882 bits per heavy atom. The molecule has 0 saturated heterocycles. The lowest BCUT2D eigenvalue weighted by Crippen LogP contribution is -2.05. The molecule has 2 aromatic heterocycles. The highest BCUT2D eigenvalue weighted by atomic mass is 32.2. The molecule has 0 aliphatic heterocycles. The molecule has 34 heavy (non-hydrogen) atoms. The normalized spacial score (nSPS) is 12.3. The van der Waals surface area contributed by atoms with Crippen molar-refractivity contribution < 1.29 is 25.9 Å². The Kier molecular flexibility index (Phi) is 5.18. The molecule has 0 radical (unpaired) electrons. The van der Waals surface area contributed by atoms with Gasteiger partial charge in [-0.3, -0.25) is 9.11 Å². The van der Waals surface area contributed by atoms with Gasteiger partial charge in [-0.15, -0.1) is 0 Å². The Bertz CT molecular complexity index is 1650. The lowest BCUT2D eigenvalue weighted by atomic mass is 9.96. The smallest absolute Gasteiger partial charge is 0.281 e. The van der Waals surface area contributed by atoms with Crippen LogP contribution in [0.1, 0.15) is 0 Å². The Balaban J connectivity index is 2.00. The van der Waals surface area contributed by atoms with Crippen LogP contribution < -0.4 is 0 Å². The van der Waals surface area contributed by atoms with E-state index in [0.717, 1.165) is 0 Å². The van der Waals surface area contributed by atoms with Gasteiger partial charge < -0.3 is 0 Å². The molecule has 170 valence electrons. The maximum absolute atomic E-state index is 12.0. The maximum Gasteiger partial charge on any atom is 0.312 e.